The number of hydrogen-bond acceptors (Lipinski definition) is 3. The molecular weight excluding hydrogens is 226 g/mol. The van der Waals surface area contributed by atoms with Gasteiger partial charge >= 0.3 is 0 Å². The van der Waals surface area contributed by atoms with Gasteiger partial charge in [0, 0.05) is 25.6 Å². The molecule has 18 heavy (non-hydrogen) atoms. The van der Waals surface area contributed by atoms with Crippen LogP contribution in [0.2, 0.25) is 0 Å². The largest absolute Gasteiger partial charge is 0.396 e. The molecule has 0 aromatic carbocycles. The lowest BCUT2D eigenvalue weighted by Gasteiger charge is -2.35. The minimum atomic E-state index is 0.141. The third-order valence-corrected chi connectivity index (χ3v) is 4.10. The quantitative estimate of drug-likeness (QED) is 0.789. The van der Waals surface area contributed by atoms with E-state index in [1.165, 1.54) is 29.7 Å². The lowest BCUT2D eigenvalue weighted by molar-refractivity contribution is 0.135. The molecule has 0 spiro atoms. The summed E-state index contributed by atoms with van der Waals surface area (Å²) in [4.78, 5) is 0. The van der Waals surface area contributed by atoms with E-state index in [1.807, 2.05) is 0 Å². The number of unbranched alkanes of at least 4 members (excludes halogenated alkanes) is 1. The van der Waals surface area contributed by atoms with E-state index in [0.717, 1.165) is 25.7 Å². The van der Waals surface area contributed by atoms with Crippen LogP contribution in [0.3, 0.4) is 0 Å². The molecular formula is C15H25NO2. The van der Waals surface area contributed by atoms with Gasteiger partial charge in [-0.3, -0.25) is 0 Å². The molecule has 102 valence electrons. The predicted molar refractivity (Wildman–Crippen MR) is 73.0 cm³/mol. The maximum atomic E-state index is 9.35. The molecule has 0 radical (unpaired) electrons. The SMILES string of the molecule is CCCCC1=CNC2=C(CC(CO)CC2)C1OC. The molecule has 0 bridgehead atoms. The third kappa shape index (κ3) is 2.78. The van der Waals surface area contributed by atoms with E-state index in [2.05, 4.69) is 18.4 Å². The number of allylic oxidation sites excluding steroid dienone is 1. The summed E-state index contributed by atoms with van der Waals surface area (Å²) in [5.41, 5.74) is 4.06. The Morgan fingerprint density at radius 2 is 2.33 bits per heavy atom. The zero-order valence-electron chi connectivity index (χ0n) is 11.5. The second-order valence-electron chi connectivity index (χ2n) is 5.38. The number of nitrogens with one attached hydrogen (secondary N) is 1. The molecule has 2 unspecified atom stereocenters. The highest BCUT2D eigenvalue weighted by Crippen LogP contribution is 2.36. The molecule has 0 fully saturated rings. The second kappa shape index (κ2) is 6.39. The van der Waals surface area contributed by atoms with Crippen LogP contribution < -0.4 is 5.32 Å². The van der Waals surface area contributed by atoms with Gasteiger partial charge in [-0.15, -0.1) is 0 Å². The van der Waals surface area contributed by atoms with Gasteiger partial charge in [-0.1, -0.05) is 13.3 Å². The number of methoxy groups -OCH3 is 1. The van der Waals surface area contributed by atoms with Crippen LogP contribution in [-0.2, 0) is 4.74 Å². The van der Waals surface area contributed by atoms with Crippen molar-refractivity contribution in [3.05, 3.63) is 23.0 Å². The number of aliphatic hydroxyl groups excluding tert-OH is 1. The van der Waals surface area contributed by atoms with Gasteiger partial charge in [-0.2, -0.15) is 0 Å². The van der Waals surface area contributed by atoms with E-state index in [9.17, 15) is 5.11 Å². The highest BCUT2D eigenvalue weighted by atomic mass is 16.5. The molecule has 0 aromatic heterocycles. The molecule has 0 aromatic rings. The molecule has 1 heterocycles. The van der Waals surface area contributed by atoms with Crippen molar-refractivity contribution in [2.24, 2.45) is 5.92 Å². The van der Waals surface area contributed by atoms with E-state index in [1.54, 1.807) is 7.11 Å². The lowest BCUT2D eigenvalue weighted by Crippen LogP contribution is -2.32. The van der Waals surface area contributed by atoms with E-state index >= 15 is 0 Å². The zero-order chi connectivity index (χ0) is 13.0. The van der Waals surface area contributed by atoms with E-state index in [4.69, 9.17) is 4.74 Å². The van der Waals surface area contributed by atoms with Gasteiger partial charge in [0.15, 0.2) is 0 Å². The predicted octanol–water partition coefficient (Wildman–Crippen LogP) is 2.73. The Labute approximate surface area is 110 Å². The summed E-state index contributed by atoms with van der Waals surface area (Å²) in [6.07, 6.45) is 8.89. The van der Waals surface area contributed by atoms with Gasteiger partial charge in [0.2, 0.25) is 0 Å². The fraction of sp³-hybridized carbons (Fsp3) is 0.733. The van der Waals surface area contributed by atoms with Crippen LogP contribution in [0.25, 0.3) is 0 Å². The fourth-order valence-corrected chi connectivity index (χ4v) is 2.99. The molecule has 2 rings (SSSR count). The third-order valence-electron chi connectivity index (χ3n) is 4.10. The molecule has 0 saturated heterocycles. The normalized spacial score (nSPS) is 27.6. The Hall–Kier alpha value is -0.800. The van der Waals surface area contributed by atoms with Gasteiger partial charge in [0.1, 0.15) is 6.10 Å². The standard InChI is InChI=1S/C15H25NO2/c1-3-4-5-12-9-16-14-7-6-11(10-17)8-13(14)15(12)18-2/h9,11,15-17H,3-8,10H2,1-2H3. The second-order valence-corrected chi connectivity index (χ2v) is 5.38. The molecule has 2 N–H and O–H groups in total. The van der Waals surface area contributed by atoms with Crippen molar-refractivity contribution in [2.75, 3.05) is 13.7 Å². The number of ether oxygens (including phenoxy) is 1. The monoisotopic (exact) mass is 251 g/mol. The molecule has 2 atom stereocenters. The number of rotatable bonds is 5. The van der Waals surface area contributed by atoms with Crippen molar-refractivity contribution in [1.82, 2.24) is 5.32 Å². The average molecular weight is 251 g/mol. The van der Waals surface area contributed by atoms with Crippen LogP contribution in [0, 0.1) is 5.92 Å². The Balaban J connectivity index is 2.11. The molecule has 0 saturated carbocycles. The highest BCUT2D eigenvalue weighted by Gasteiger charge is 2.30. The van der Waals surface area contributed by atoms with E-state index in [0.29, 0.717) is 12.5 Å². The fourth-order valence-electron chi connectivity index (χ4n) is 2.99. The Kier molecular flexibility index (Phi) is 4.84. The molecule has 2 aliphatic rings. The number of dihydropyridines is 1. The number of aliphatic hydroxyl groups is 1. The van der Waals surface area contributed by atoms with Crippen LogP contribution in [0.5, 0.6) is 0 Å². The smallest absolute Gasteiger partial charge is 0.103 e. The highest BCUT2D eigenvalue weighted by molar-refractivity contribution is 5.35. The zero-order valence-corrected chi connectivity index (χ0v) is 11.5. The Morgan fingerprint density at radius 3 is 3.00 bits per heavy atom. The topological polar surface area (TPSA) is 41.5 Å². The summed E-state index contributed by atoms with van der Waals surface area (Å²) in [7, 11) is 1.79. The molecule has 3 nitrogen and oxygen atoms in total. The van der Waals surface area contributed by atoms with Crippen LogP contribution in [0.4, 0.5) is 0 Å². The number of hydrogen-bond donors (Lipinski definition) is 2. The van der Waals surface area contributed by atoms with Crippen molar-refractivity contribution < 1.29 is 9.84 Å². The minimum Gasteiger partial charge on any atom is -0.396 e. The maximum absolute atomic E-state index is 9.35. The van der Waals surface area contributed by atoms with Gasteiger partial charge in [0.05, 0.1) is 0 Å². The Morgan fingerprint density at radius 1 is 1.50 bits per heavy atom. The lowest BCUT2D eigenvalue weighted by atomic mass is 9.81. The average Bonchev–Trinajstić information content (AvgIpc) is 2.43. The van der Waals surface area contributed by atoms with Gasteiger partial charge in [-0.05, 0) is 49.2 Å². The van der Waals surface area contributed by atoms with Gasteiger partial charge < -0.3 is 15.2 Å². The summed E-state index contributed by atoms with van der Waals surface area (Å²) in [6.45, 7) is 2.51. The Bertz CT molecular complexity index is 346. The summed E-state index contributed by atoms with van der Waals surface area (Å²) in [5, 5.41) is 12.8. The van der Waals surface area contributed by atoms with Gasteiger partial charge in [0.25, 0.3) is 0 Å². The first-order chi connectivity index (χ1) is 8.80. The minimum absolute atomic E-state index is 0.141. The van der Waals surface area contributed by atoms with Crippen molar-refractivity contribution in [1.29, 1.82) is 0 Å². The van der Waals surface area contributed by atoms with Crippen LogP contribution >= 0.6 is 0 Å². The van der Waals surface area contributed by atoms with E-state index < -0.39 is 0 Å². The van der Waals surface area contributed by atoms with E-state index in [-0.39, 0.29) is 6.10 Å². The first kappa shape index (κ1) is 13.6. The summed E-state index contributed by atoms with van der Waals surface area (Å²) in [6, 6.07) is 0. The summed E-state index contributed by atoms with van der Waals surface area (Å²) >= 11 is 0. The maximum Gasteiger partial charge on any atom is 0.103 e. The molecule has 0 amide bonds. The van der Waals surface area contributed by atoms with Crippen molar-refractivity contribution in [3.8, 4) is 0 Å². The van der Waals surface area contributed by atoms with Crippen molar-refractivity contribution in [2.45, 2.75) is 51.6 Å². The molecule has 1 aliphatic carbocycles. The first-order valence-electron chi connectivity index (χ1n) is 7.11. The summed E-state index contributed by atoms with van der Waals surface area (Å²) < 4.78 is 5.72. The van der Waals surface area contributed by atoms with Crippen molar-refractivity contribution in [3.63, 3.8) is 0 Å². The first-order valence-corrected chi connectivity index (χ1v) is 7.11. The molecule has 1 aliphatic heterocycles. The van der Waals surface area contributed by atoms with Crippen molar-refractivity contribution >= 4 is 0 Å². The van der Waals surface area contributed by atoms with Crippen LogP contribution in [0.15, 0.2) is 23.0 Å². The van der Waals surface area contributed by atoms with Crippen LogP contribution in [0.1, 0.15) is 45.4 Å². The van der Waals surface area contributed by atoms with Crippen LogP contribution in [-0.4, -0.2) is 24.9 Å². The molecule has 3 heteroatoms. The van der Waals surface area contributed by atoms with Gasteiger partial charge in [-0.25, -0.2) is 0 Å². The summed E-state index contributed by atoms with van der Waals surface area (Å²) in [5.74, 6) is 0.411.